The first-order valence-electron chi connectivity index (χ1n) is 9.28. The molecule has 0 fully saturated rings. The van der Waals surface area contributed by atoms with E-state index in [0.29, 0.717) is 6.42 Å². The molecule has 0 spiro atoms. The summed E-state index contributed by atoms with van der Waals surface area (Å²) >= 11 is 0. The minimum Gasteiger partial charge on any atom is -0.303 e. The van der Waals surface area contributed by atoms with Gasteiger partial charge in [-0.25, -0.2) is 16.8 Å². The van der Waals surface area contributed by atoms with Crippen molar-refractivity contribution in [1.29, 1.82) is 0 Å². The maximum Gasteiger partial charge on any atom is 0.512 e. The molecule has 0 unspecified atom stereocenters. The minimum absolute atomic E-state index is 0.109. The topological polar surface area (TPSA) is 138 Å². The third-order valence-electron chi connectivity index (χ3n) is 3.61. The Kier molecular flexibility index (Phi) is 14.5. The van der Waals surface area contributed by atoms with Gasteiger partial charge in [-0.05, 0) is 45.3 Å². The molecule has 0 aromatic carbocycles. The first-order chi connectivity index (χ1) is 14.2. The average Bonchev–Trinajstić information content (AvgIpc) is 2.57. The zero-order valence-electron chi connectivity index (χ0n) is 17.4. The predicted molar refractivity (Wildman–Crippen MR) is 105 cm³/mol. The van der Waals surface area contributed by atoms with Crippen LogP contribution in [-0.2, 0) is 30.2 Å². The van der Waals surface area contributed by atoms with Gasteiger partial charge in [0, 0.05) is 0 Å². The highest BCUT2D eigenvalue weighted by atomic mass is 32.3. The molecule has 0 radical (unpaired) electrons. The molecule has 0 aliphatic rings. The monoisotopic (exact) mass is 546 g/mol. The van der Waals surface area contributed by atoms with Gasteiger partial charge in [0.1, 0.15) is 0 Å². The van der Waals surface area contributed by atoms with Crippen molar-refractivity contribution in [1.82, 2.24) is 9.03 Å². The third-order valence-corrected chi connectivity index (χ3v) is 7.39. The third kappa shape index (κ3) is 15.2. The molecule has 9 nitrogen and oxygen atoms in total. The van der Waals surface area contributed by atoms with Crippen LogP contribution in [0, 0.1) is 0 Å². The Balaban J connectivity index is 0. The number of alkyl halides is 6. The van der Waals surface area contributed by atoms with Gasteiger partial charge < -0.3 is 4.90 Å². The first-order valence-corrected chi connectivity index (χ1v) is 13.9. The Bertz CT molecular complexity index is 791. The van der Waals surface area contributed by atoms with Gasteiger partial charge >= 0.3 is 31.1 Å². The van der Waals surface area contributed by atoms with Gasteiger partial charge in [0.2, 0.25) is 0 Å². The number of unbranched alkanes of at least 4 members (excludes halogenated alkanes) is 3. The standard InChI is InChI=1S/C12H27NO3S.C2HF6NO4S2/c1-3-5-9-13(10-6-4-2)11-7-8-12-17(14,15)16;3-1(4,5)14(10,11)9-15(12,13)2(6,7)8/h3-12H2,1-2H3,(H,14,15,16);9H. The van der Waals surface area contributed by atoms with Crippen molar-refractivity contribution in [3.63, 3.8) is 0 Å². The van der Waals surface area contributed by atoms with Gasteiger partial charge in [0.15, 0.2) is 0 Å². The van der Waals surface area contributed by atoms with Crippen molar-refractivity contribution >= 4 is 30.2 Å². The number of hydrogen-bond acceptors (Lipinski definition) is 7. The summed E-state index contributed by atoms with van der Waals surface area (Å²) in [5.74, 6) is -0.109. The van der Waals surface area contributed by atoms with Crippen LogP contribution >= 0.6 is 0 Å². The van der Waals surface area contributed by atoms with E-state index in [1.807, 2.05) is 0 Å². The predicted octanol–water partition coefficient (Wildman–Crippen LogP) is 2.83. The summed E-state index contributed by atoms with van der Waals surface area (Å²) in [5, 5.41) is 0. The molecule has 0 aliphatic carbocycles. The van der Waals surface area contributed by atoms with Crippen LogP contribution in [0.4, 0.5) is 26.3 Å². The van der Waals surface area contributed by atoms with Gasteiger partial charge in [-0.3, -0.25) is 4.55 Å². The van der Waals surface area contributed by atoms with Crippen molar-refractivity contribution in [3.05, 3.63) is 0 Å². The zero-order chi connectivity index (χ0) is 25.9. The van der Waals surface area contributed by atoms with E-state index in [1.54, 1.807) is 0 Å². The fourth-order valence-corrected chi connectivity index (χ4v) is 4.44. The molecule has 18 heteroatoms. The SMILES string of the molecule is CCCCN(CCCC)CCCCS(=O)(=O)O.O=S(=O)(NS(=O)(=O)C(F)(F)F)C(F)(F)F. The Morgan fingerprint density at radius 3 is 1.31 bits per heavy atom. The summed E-state index contributed by atoms with van der Waals surface area (Å²) in [5.41, 5.74) is -12.3. The maximum absolute atomic E-state index is 11.5. The van der Waals surface area contributed by atoms with Crippen LogP contribution in [0.5, 0.6) is 0 Å². The normalized spacial score (nSPS) is 13.7. The molecular formula is C14H28F6N2O7S3. The smallest absolute Gasteiger partial charge is 0.303 e. The molecule has 32 heavy (non-hydrogen) atoms. The highest BCUT2D eigenvalue weighted by Crippen LogP contribution is 2.27. The van der Waals surface area contributed by atoms with E-state index in [1.165, 1.54) is 25.7 Å². The van der Waals surface area contributed by atoms with Crippen LogP contribution in [0.3, 0.4) is 0 Å². The molecule has 0 saturated heterocycles. The number of sulfonamides is 2. The van der Waals surface area contributed by atoms with Gasteiger partial charge in [0.25, 0.3) is 10.1 Å². The minimum atomic E-state index is -6.60. The first kappa shape index (κ1) is 33.5. The number of rotatable bonds is 13. The second-order valence-electron chi connectivity index (χ2n) is 6.52. The van der Waals surface area contributed by atoms with E-state index < -0.39 is 45.3 Å². The van der Waals surface area contributed by atoms with Crippen LogP contribution in [-0.4, -0.2) is 71.1 Å². The van der Waals surface area contributed by atoms with Gasteiger partial charge in [-0.1, -0.05) is 30.8 Å². The van der Waals surface area contributed by atoms with Crippen LogP contribution in [0.25, 0.3) is 0 Å². The molecule has 0 rings (SSSR count). The fraction of sp³-hybridized carbons (Fsp3) is 1.00. The molecule has 0 heterocycles. The van der Waals surface area contributed by atoms with E-state index in [-0.39, 0.29) is 5.75 Å². The molecule has 2 N–H and O–H groups in total. The molecule has 0 amide bonds. The summed E-state index contributed by atoms with van der Waals surface area (Å²) in [6, 6.07) is 0. The second-order valence-corrected chi connectivity index (χ2v) is 11.7. The van der Waals surface area contributed by atoms with Crippen LogP contribution in [0.15, 0.2) is 0 Å². The van der Waals surface area contributed by atoms with Crippen molar-refractivity contribution in [2.24, 2.45) is 0 Å². The van der Waals surface area contributed by atoms with E-state index in [9.17, 15) is 51.6 Å². The van der Waals surface area contributed by atoms with Gasteiger partial charge in [0.05, 0.1) is 5.75 Å². The number of halogens is 6. The lowest BCUT2D eigenvalue weighted by molar-refractivity contribution is -0.0476. The summed E-state index contributed by atoms with van der Waals surface area (Å²) in [4.78, 5) is 2.40. The quantitative estimate of drug-likeness (QED) is 0.204. The summed E-state index contributed by atoms with van der Waals surface area (Å²) < 4.78 is 138. The molecule has 0 aromatic heterocycles. The van der Waals surface area contributed by atoms with Crippen molar-refractivity contribution < 1.29 is 56.1 Å². The highest BCUT2D eigenvalue weighted by molar-refractivity contribution is 8.05. The summed E-state index contributed by atoms with van der Waals surface area (Å²) in [6.45, 7) is 7.49. The lowest BCUT2D eigenvalue weighted by atomic mass is 10.2. The number of nitrogens with one attached hydrogen (secondary N) is 1. The highest BCUT2D eigenvalue weighted by Gasteiger charge is 2.55. The summed E-state index contributed by atoms with van der Waals surface area (Å²) in [6.07, 6.45) is 6.16. The molecule has 0 aromatic rings. The lowest BCUT2D eigenvalue weighted by Crippen LogP contribution is -2.45. The molecule has 196 valence electrons. The van der Waals surface area contributed by atoms with Crippen LogP contribution in [0.1, 0.15) is 52.4 Å². The van der Waals surface area contributed by atoms with Crippen molar-refractivity contribution in [3.8, 4) is 0 Å². The Hall–Kier alpha value is -0.690. The lowest BCUT2D eigenvalue weighted by Gasteiger charge is -2.21. The second kappa shape index (κ2) is 13.9. The largest absolute Gasteiger partial charge is 0.512 e. The zero-order valence-corrected chi connectivity index (χ0v) is 19.9. The van der Waals surface area contributed by atoms with E-state index >= 15 is 0 Å². The Morgan fingerprint density at radius 1 is 0.688 bits per heavy atom. The number of nitrogens with zero attached hydrogens (tertiary/aromatic N) is 1. The number of hydrogen-bond donors (Lipinski definition) is 2. The Morgan fingerprint density at radius 2 is 1.03 bits per heavy atom. The van der Waals surface area contributed by atoms with Crippen molar-refractivity contribution in [2.45, 2.75) is 63.4 Å². The van der Waals surface area contributed by atoms with E-state index in [2.05, 4.69) is 18.7 Å². The van der Waals surface area contributed by atoms with Gasteiger partial charge in [-0.15, -0.1) is 0 Å². The van der Waals surface area contributed by atoms with Crippen LogP contribution in [0.2, 0.25) is 0 Å². The van der Waals surface area contributed by atoms with Crippen LogP contribution < -0.4 is 4.13 Å². The molecular weight excluding hydrogens is 518 g/mol. The van der Waals surface area contributed by atoms with E-state index in [0.717, 1.165) is 26.1 Å². The molecule has 0 aliphatic heterocycles. The summed E-state index contributed by atoms with van der Waals surface area (Å²) in [7, 11) is -17.0. The fourth-order valence-electron chi connectivity index (χ4n) is 1.96. The molecule has 0 bridgehead atoms. The Labute approximate surface area is 184 Å². The average molecular weight is 547 g/mol. The molecule has 0 atom stereocenters. The molecule has 0 saturated carbocycles. The van der Waals surface area contributed by atoms with Crippen molar-refractivity contribution in [2.75, 3.05) is 25.4 Å². The van der Waals surface area contributed by atoms with E-state index in [4.69, 9.17) is 4.55 Å². The van der Waals surface area contributed by atoms with Gasteiger partial charge in [-0.2, -0.15) is 34.8 Å². The maximum atomic E-state index is 11.5.